The van der Waals surface area contributed by atoms with Crippen LogP contribution in [-0.2, 0) is 0 Å². The van der Waals surface area contributed by atoms with Crippen LogP contribution in [0, 0.1) is 0 Å². The predicted molar refractivity (Wildman–Crippen MR) is 70.1 cm³/mol. The summed E-state index contributed by atoms with van der Waals surface area (Å²) in [7, 11) is 0. The van der Waals surface area contributed by atoms with Gasteiger partial charge < -0.3 is 5.32 Å². The fourth-order valence-electron chi connectivity index (χ4n) is 3.42. The van der Waals surface area contributed by atoms with Crippen molar-refractivity contribution in [2.24, 2.45) is 0 Å². The van der Waals surface area contributed by atoms with Crippen molar-refractivity contribution in [1.29, 1.82) is 0 Å². The van der Waals surface area contributed by atoms with Crippen LogP contribution in [0.3, 0.4) is 0 Å². The Morgan fingerprint density at radius 1 is 1.21 bits per heavy atom. The molecule has 5 heteroatoms. The first kappa shape index (κ1) is 15.1. The first-order valence-corrected chi connectivity index (χ1v) is 7.46. The van der Waals surface area contributed by atoms with E-state index in [2.05, 4.69) is 17.1 Å². The summed E-state index contributed by atoms with van der Waals surface area (Å²) in [4.78, 5) is 2.39. The van der Waals surface area contributed by atoms with E-state index in [1.807, 2.05) is 0 Å². The number of hydrogen-bond donors (Lipinski definition) is 1. The molecule has 2 rings (SSSR count). The molecule has 1 spiro atoms. The SMILES string of the molecule is CC1CNC2(CCCC2)CN1CCCCC(F)(F)F. The number of unbranched alkanes of at least 4 members (excludes halogenated alkanes) is 1. The van der Waals surface area contributed by atoms with Crippen molar-refractivity contribution in [3.05, 3.63) is 0 Å². The van der Waals surface area contributed by atoms with Gasteiger partial charge in [0.15, 0.2) is 0 Å². The number of alkyl halides is 3. The third-order valence-corrected chi connectivity index (χ3v) is 4.62. The quantitative estimate of drug-likeness (QED) is 0.794. The van der Waals surface area contributed by atoms with Gasteiger partial charge in [0.2, 0.25) is 0 Å². The highest BCUT2D eigenvalue weighted by Gasteiger charge is 2.39. The van der Waals surface area contributed by atoms with Crippen LogP contribution in [-0.4, -0.2) is 42.3 Å². The maximum Gasteiger partial charge on any atom is 0.389 e. The highest BCUT2D eigenvalue weighted by atomic mass is 19.4. The molecule has 1 N–H and O–H groups in total. The molecule has 112 valence electrons. The van der Waals surface area contributed by atoms with E-state index in [-0.39, 0.29) is 12.0 Å². The van der Waals surface area contributed by atoms with Gasteiger partial charge in [0.05, 0.1) is 0 Å². The fraction of sp³-hybridized carbons (Fsp3) is 1.00. The molecule has 1 aliphatic heterocycles. The lowest BCUT2D eigenvalue weighted by molar-refractivity contribution is -0.135. The molecule has 2 fully saturated rings. The summed E-state index contributed by atoms with van der Waals surface area (Å²) in [6, 6.07) is 0.442. The Kier molecular flexibility index (Phi) is 4.77. The van der Waals surface area contributed by atoms with Gasteiger partial charge in [0.25, 0.3) is 0 Å². The van der Waals surface area contributed by atoms with E-state index in [4.69, 9.17) is 0 Å². The van der Waals surface area contributed by atoms with Crippen molar-refractivity contribution in [3.8, 4) is 0 Å². The van der Waals surface area contributed by atoms with Gasteiger partial charge in [0.1, 0.15) is 0 Å². The number of piperazine rings is 1. The average Bonchev–Trinajstić information content (AvgIpc) is 2.77. The van der Waals surface area contributed by atoms with E-state index in [1.165, 1.54) is 25.7 Å². The molecule has 0 radical (unpaired) electrons. The molecule has 0 aromatic carbocycles. The second-order valence-corrected chi connectivity index (χ2v) is 6.26. The molecule has 19 heavy (non-hydrogen) atoms. The lowest BCUT2D eigenvalue weighted by Crippen LogP contribution is -2.62. The average molecular weight is 278 g/mol. The van der Waals surface area contributed by atoms with Crippen LogP contribution in [0.5, 0.6) is 0 Å². The second kappa shape index (κ2) is 6.00. The van der Waals surface area contributed by atoms with Crippen LogP contribution in [0.1, 0.15) is 51.9 Å². The topological polar surface area (TPSA) is 15.3 Å². The fourth-order valence-corrected chi connectivity index (χ4v) is 3.42. The van der Waals surface area contributed by atoms with Crippen LogP contribution in [0.4, 0.5) is 13.2 Å². The van der Waals surface area contributed by atoms with Crippen LogP contribution >= 0.6 is 0 Å². The lowest BCUT2D eigenvalue weighted by atomic mass is 9.92. The van der Waals surface area contributed by atoms with E-state index in [0.29, 0.717) is 12.5 Å². The molecule has 1 atom stereocenters. The van der Waals surface area contributed by atoms with Gasteiger partial charge in [-0.15, -0.1) is 0 Å². The number of nitrogens with one attached hydrogen (secondary N) is 1. The molecule has 1 saturated carbocycles. The first-order chi connectivity index (χ1) is 8.90. The molecule has 0 aromatic rings. The molecule has 1 unspecified atom stereocenters. The number of rotatable bonds is 4. The van der Waals surface area contributed by atoms with E-state index in [0.717, 1.165) is 19.6 Å². The summed E-state index contributed by atoms with van der Waals surface area (Å²) < 4.78 is 36.3. The minimum atomic E-state index is -4.00. The zero-order valence-electron chi connectivity index (χ0n) is 11.7. The van der Waals surface area contributed by atoms with Gasteiger partial charge in [-0.1, -0.05) is 12.8 Å². The monoisotopic (exact) mass is 278 g/mol. The van der Waals surface area contributed by atoms with Gasteiger partial charge >= 0.3 is 6.18 Å². The summed E-state index contributed by atoms with van der Waals surface area (Å²) in [6.07, 6.45) is 1.28. The zero-order chi connectivity index (χ0) is 13.9. The third kappa shape index (κ3) is 4.35. The summed E-state index contributed by atoms with van der Waals surface area (Å²) in [5, 5.41) is 3.67. The first-order valence-electron chi connectivity index (χ1n) is 7.46. The molecule has 1 saturated heterocycles. The van der Waals surface area contributed by atoms with E-state index >= 15 is 0 Å². The molecule has 2 aliphatic rings. The Hall–Kier alpha value is -0.290. The number of nitrogens with zero attached hydrogens (tertiary/aromatic N) is 1. The Labute approximate surface area is 113 Å². The number of halogens is 3. The summed E-state index contributed by atoms with van der Waals surface area (Å²) >= 11 is 0. The smallest absolute Gasteiger partial charge is 0.308 e. The summed E-state index contributed by atoms with van der Waals surface area (Å²) in [6.45, 7) is 4.96. The van der Waals surface area contributed by atoms with Crippen molar-refractivity contribution in [2.75, 3.05) is 19.6 Å². The van der Waals surface area contributed by atoms with Gasteiger partial charge in [-0.3, -0.25) is 4.90 Å². The zero-order valence-corrected chi connectivity index (χ0v) is 11.7. The Bertz CT molecular complexity index is 285. The third-order valence-electron chi connectivity index (χ3n) is 4.62. The van der Waals surface area contributed by atoms with Crippen molar-refractivity contribution in [1.82, 2.24) is 10.2 Å². The summed E-state index contributed by atoms with van der Waals surface area (Å²) in [5.74, 6) is 0. The highest BCUT2D eigenvalue weighted by Crippen LogP contribution is 2.33. The van der Waals surface area contributed by atoms with Crippen molar-refractivity contribution >= 4 is 0 Å². The Balaban J connectivity index is 1.75. The van der Waals surface area contributed by atoms with Crippen molar-refractivity contribution in [2.45, 2.75) is 69.6 Å². The maximum atomic E-state index is 12.1. The van der Waals surface area contributed by atoms with Crippen molar-refractivity contribution < 1.29 is 13.2 Å². The molecular formula is C14H25F3N2. The largest absolute Gasteiger partial charge is 0.389 e. The second-order valence-electron chi connectivity index (χ2n) is 6.26. The molecular weight excluding hydrogens is 253 g/mol. The Morgan fingerprint density at radius 3 is 2.53 bits per heavy atom. The van der Waals surface area contributed by atoms with E-state index < -0.39 is 12.6 Å². The van der Waals surface area contributed by atoms with Gasteiger partial charge in [-0.25, -0.2) is 0 Å². The van der Waals surface area contributed by atoms with Crippen LogP contribution in [0.2, 0.25) is 0 Å². The lowest BCUT2D eigenvalue weighted by Gasteiger charge is -2.45. The highest BCUT2D eigenvalue weighted by molar-refractivity contribution is 5.00. The van der Waals surface area contributed by atoms with Crippen molar-refractivity contribution in [3.63, 3.8) is 0 Å². The van der Waals surface area contributed by atoms with Crippen LogP contribution in [0.15, 0.2) is 0 Å². The minimum Gasteiger partial charge on any atom is -0.308 e. The number of hydrogen-bond acceptors (Lipinski definition) is 2. The van der Waals surface area contributed by atoms with E-state index in [1.54, 1.807) is 0 Å². The predicted octanol–water partition coefficient (Wildman–Crippen LogP) is 3.33. The van der Waals surface area contributed by atoms with Crippen LogP contribution < -0.4 is 5.32 Å². The summed E-state index contributed by atoms with van der Waals surface area (Å²) in [5.41, 5.74) is 0.260. The molecule has 0 bridgehead atoms. The van der Waals surface area contributed by atoms with Gasteiger partial charge in [0, 0.05) is 31.1 Å². The van der Waals surface area contributed by atoms with E-state index in [9.17, 15) is 13.2 Å². The molecule has 1 aliphatic carbocycles. The van der Waals surface area contributed by atoms with Crippen LogP contribution in [0.25, 0.3) is 0 Å². The maximum absolute atomic E-state index is 12.1. The molecule has 2 nitrogen and oxygen atoms in total. The molecule has 0 amide bonds. The normalized spacial score (nSPS) is 28.1. The van der Waals surface area contributed by atoms with Gasteiger partial charge in [-0.2, -0.15) is 13.2 Å². The molecule has 1 heterocycles. The standard InChI is InChI=1S/C14H25F3N2/c1-12-10-18-13(6-2-3-7-13)11-19(12)9-5-4-8-14(15,16)17/h12,18H,2-11H2,1H3. The van der Waals surface area contributed by atoms with Gasteiger partial charge in [-0.05, 0) is 39.2 Å². The molecule has 0 aromatic heterocycles. The Morgan fingerprint density at radius 2 is 1.89 bits per heavy atom. The minimum absolute atomic E-state index is 0.257.